The van der Waals surface area contributed by atoms with Gasteiger partial charge < -0.3 is 9.84 Å². The van der Waals surface area contributed by atoms with E-state index in [-0.39, 0.29) is 12.0 Å². The summed E-state index contributed by atoms with van der Waals surface area (Å²) in [6, 6.07) is 7.97. The van der Waals surface area contributed by atoms with Crippen molar-refractivity contribution < 1.29 is 9.84 Å². The third kappa shape index (κ3) is 3.17. The molecule has 0 spiro atoms. The number of benzene rings is 1. The minimum atomic E-state index is -0.0610. The van der Waals surface area contributed by atoms with Crippen LogP contribution in [0.5, 0.6) is 11.5 Å². The van der Waals surface area contributed by atoms with Gasteiger partial charge in [-0.2, -0.15) is 0 Å². The normalized spacial score (nSPS) is 11.4. The smallest absolute Gasteiger partial charge is 0.151 e. The molecular weight excluding hydrogens is 250 g/mol. The van der Waals surface area contributed by atoms with Gasteiger partial charge in [-0.15, -0.1) is 0 Å². The lowest BCUT2D eigenvalue weighted by molar-refractivity contribution is 0.276. The second kappa shape index (κ2) is 5.63. The fourth-order valence-corrected chi connectivity index (χ4v) is 2.08. The molecule has 1 aromatic carbocycles. The van der Waals surface area contributed by atoms with Gasteiger partial charge in [0.15, 0.2) is 5.75 Å². The number of aliphatic hydroxyl groups is 1. The van der Waals surface area contributed by atoms with Gasteiger partial charge >= 0.3 is 0 Å². The van der Waals surface area contributed by atoms with Crippen LogP contribution in [-0.4, -0.2) is 10.1 Å². The number of hydrogen-bond donors (Lipinski definition) is 1. The van der Waals surface area contributed by atoms with Crippen molar-refractivity contribution in [2.45, 2.75) is 39.7 Å². The summed E-state index contributed by atoms with van der Waals surface area (Å²) in [6.07, 6.45) is 3.29. The Kier molecular flexibility index (Phi) is 4.09. The van der Waals surface area contributed by atoms with E-state index in [1.807, 2.05) is 13.0 Å². The van der Waals surface area contributed by atoms with Crippen LogP contribution in [0.2, 0.25) is 0 Å². The van der Waals surface area contributed by atoms with Crippen LogP contribution in [-0.2, 0) is 12.0 Å². The summed E-state index contributed by atoms with van der Waals surface area (Å²) in [5, 5.41) is 9.37. The van der Waals surface area contributed by atoms with Gasteiger partial charge in [0, 0.05) is 17.3 Å². The molecule has 1 heterocycles. The zero-order valence-corrected chi connectivity index (χ0v) is 12.5. The van der Waals surface area contributed by atoms with E-state index in [9.17, 15) is 5.11 Å². The van der Waals surface area contributed by atoms with Crippen molar-refractivity contribution in [1.82, 2.24) is 4.98 Å². The zero-order chi connectivity index (χ0) is 14.8. The van der Waals surface area contributed by atoms with Gasteiger partial charge in [-0.25, -0.2) is 0 Å². The summed E-state index contributed by atoms with van der Waals surface area (Å²) in [4.78, 5) is 4.07. The highest BCUT2D eigenvalue weighted by Crippen LogP contribution is 2.35. The molecule has 0 radical (unpaired) electrons. The Bertz CT molecular complexity index is 600. The second-order valence-corrected chi connectivity index (χ2v) is 5.99. The number of hydrogen-bond acceptors (Lipinski definition) is 3. The molecule has 106 valence electrons. The average Bonchev–Trinajstić information content (AvgIpc) is 2.38. The highest BCUT2D eigenvalue weighted by molar-refractivity contribution is 5.45. The fourth-order valence-electron chi connectivity index (χ4n) is 2.08. The third-order valence-corrected chi connectivity index (χ3v) is 3.21. The topological polar surface area (TPSA) is 42.4 Å². The van der Waals surface area contributed by atoms with E-state index in [0.717, 1.165) is 22.4 Å². The Morgan fingerprint density at radius 1 is 1.15 bits per heavy atom. The van der Waals surface area contributed by atoms with E-state index in [0.29, 0.717) is 5.75 Å². The molecule has 2 rings (SSSR count). The molecule has 0 aliphatic heterocycles. The van der Waals surface area contributed by atoms with E-state index < -0.39 is 0 Å². The first-order valence-electron chi connectivity index (χ1n) is 6.74. The Morgan fingerprint density at radius 2 is 1.90 bits per heavy atom. The average molecular weight is 271 g/mol. The second-order valence-electron chi connectivity index (χ2n) is 5.99. The molecule has 0 unspecified atom stereocenters. The predicted molar refractivity (Wildman–Crippen MR) is 80.1 cm³/mol. The molecular formula is C17H21NO2. The number of aliphatic hydroxyl groups excluding tert-OH is 1. The summed E-state index contributed by atoms with van der Waals surface area (Å²) >= 11 is 0. The first-order chi connectivity index (χ1) is 9.41. The molecule has 20 heavy (non-hydrogen) atoms. The van der Waals surface area contributed by atoms with Crippen LogP contribution in [0, 0.1) is 6.92 Å². The maximum absolute atomic E-state index is 9.37. The molecule has 0 amide bonds. The Balaban J connectivity index is 2.45. The molecule has 3 heteroatoms. The molecule has 0 saturated carbocycles. The maximum Gasteiger partial charge on any atom is 0.151 e. The molecule has 2 aromatic rings. The van der Waals surface area contributed by atoms with Crippen LogP contribution in [0.4, 0.5) is 0 Å². The van der Waals surface area contributed by atoms with E-state index in [4.69, 9.17) is 4.74 Å². The lowest BCUT2D eigenvalue weighted by Gasteiger charge is -2.23. The Labute approximate surface area is 120 Å². The van der Waals surface area contributed by atoms with Gasteiger partial charge in [-0.1, -0.05) is 32.9 Å². The van der Waals surface area contributed by atoms with Gasteiger partial charge in [-0.05, 0) is 30.0 Å². The van der Waals surface area contributed by atoms with Crippen LogP contribution >= 0.6 is 0 Å². The molecule has 0 aliphatic carbocycles. The van der Waals surface area contributed by atoms with E-state index >= 15 is 0 Å². The molecule has 0 aliphatic rings. The summed E-state index contributed by atoms with van der Waals surface area (Å²) in [5.41, 5.74) is 3.00. The van der Waals surface area contributed by atoms with Crippen molar-refractivity contribution >= 4 is 0 Å². The molecule has 0 atom stereocenters. The first-order valence-corrected chi connectivity index (χ1v) is 6.74. The standard InChI is InChI=1S/C17H21NO2/c1-12-5-6-14(17(2,3)4)15(9-12)20-16-10-18-8-7-13(16)11-19/h5-10,19H,11H2,1-4H3. The summed E-state index contributed by atoms with van der Waals surface area (Å²) in [7, 11) is 0. The SMILES string of the molecule is Cc1ccc(C(C)(C)C)c(Oc2cnccc2CO)c1. The minimum absolute atomic E-state index is 0.00931. The van der Waals surface area contributed by atoms with Crippen LogP contribution < -0.4 is 4.74 Å². The highest BCUT2D eigenvalue weighted by atomic mass is 16.5. The van der Waals surface area contributed by atoms with Gasteiger partial charge in [-0.3, -0.25) is 4.98 Å². The lowest BCUT2D eigenvalue weighted by atomic mass is 9.86. The molecule has 0 bridgehead atoms. The summed E-state index contributed by atoms with van der Waals surface area (Å²) in [6.45, 7) is 8.44. The van der Waals surface area contributed by atoms with Crippen molar-refractivity contribution in [3.05, 3.63) is 53.3 Å². The van der Waals surface area contributed by atoms with Crippen molar-refractivity contribution in [2.24, 2.45) is 0 Å². The third-order valence-electron chi connectivity index (χ3n) is 3.21. The number of ether oxygens (including phenoxy) is 1. The number of aromatic nitrogens is 1. The van der Waals surface area contributed by atoms with Crippen LogP contribution in [0.15, 0.2) is 36.7 Å². The Morgan fingerprint density at radius 3 is 2.55 bits per heavy atom. The molecule has 1 aromatic heterocycles. The van der Waals surface area contributed by atoms with E-state index in [1.54, 1.807) is 18.5 Å². The van der Waals surface area contributed by atoms with Gasteiger partial charge in [0.25, 0.3) is 0 Å². The quantitative estimate of drug-likeness (QED) is 0.918. The predicted octanol–water partition coefficient (Wildman–Crippen LogP) is 3.97. The van der Waals surface area contributed by atoms with Crippen LogP contribution in [0.25, 0.3) is 0 Å². The Hall–Kier alpha value is -1.87. The largest absolute Gasteiger partial charge is 0.455 e. The van der Waals surface area contributed by atoms with Gasteiger partial charge in [0.05, 0.1) is 12.8 Å². The first kappa shape index (κ1) is 14.5. The fraction of sp³-hybridized carbons (Fsp3) is 0.353. The highest BCUT2D eigenvalue weighted by Gasteiger charge is 2.20. The summed E-state index contributed by atoms with van der Waals surface area (Å²) in [5.74, 6) is 1.42. The number of aryl methyl sites for hydroxylation is 1. The van der Waals surface area contributed by atoms with E-state index in [1.165, 1.54) is 0 Å². The maximum atomic E-state index is 9.37. The van der Waals surface area contributed by atoms with Crippen LogP contribution in [0.3, 0.4) is 0 Å². The van der Waals surface area contributed by atoms with Crippen molar-refractivity contribution in [2.75, 3.05) is 0 Å². The van der Waals surface area contributed by atoms with Crippen molar-refractivity contribution in [1.29, 1.82) is 0 Å². The van der Waals surface area contributed by atoms with Crippen molar-refractivity contribution in [3.8, 4) is 11.5 Å². The number of rotatable bonds is 3. The van der Waals surface area contributed by atoms with Gasteiger partial charge in [0.1, 0.15) is 5.75 Å². The molecule has 1 N–H and O–H groups in total. The van der Waals surface area contributed by atoms with Gasteiger partial charge in [0.2, 0.25) is 0 Å². The summed E-state index contributed by atoms with van der Waals surface area (Å²) < 4.78 is 6.02. The van der Waals surface area contributed by atoms with Crippen molar-refractivity contribution in [3.63, 3.8) is 0 Å². The minimum Gasteiger partial charge on any atom is -0.455 e. The van der Waals surface area contributed by atoms with E-state index in [2.05, 4.69) is 37.9 Å². The van der Waals surface area contributed by atoms with Crippen LogP contribution in [0.1, 0.15) is 37.5 Å². The monoisotopic (exact) mass is 271 g/mol. The zero-order valence-electron chi connectivity index (χ0n) is 12.5. The molecule has 0 fully saturated rings. The number of nitrogens with zero attached hydrogens (tertiary/aromatic N) is 1. The lowest BCUT2D eigenvalue weighted by Crippen LogP contribution is -2.12. The number of pyridine rings is 1. The molecule has 3 nitrogen and oxygen atoms in total. The molecule has 0 saturated heterocycles.